The molecule has 1 aromatic heterocycles. The van der Waals surface area contributed by atoms with Crippen molar-refractivity contribution in [2.75, 3.05) is 6.54 Å². The van der Waals surface area contributed by atoms with E-state index < -0.39 is 0 Å². The van der Waals surface area contributed by atoms with Gasteiger partial charge in [0.15, 0.2) is 0 Å². The van der Waals surface area contributed by atoms with Crippen molar-refractivity contribution in [1.82, 2.24) is 10.3 Å². The van der Waals surface area contributed by atoms with Gasteiger partial charge in [0.05, 0.1) is 5.69 Å². The van der Waals surface area contributed by atoms with E-state index in [0.29, 0.717) is 6.04 Å². The largest absolute Gasteiger partial charge is 0.309 e. The maximum atomic E-state index is 4.34. The molecule has 72 valence electrons. The van der Waals surface area contributed by atoms with Gasteiger partial charge in [0.1, 0.15) is 0 Å². The topological polar surface area (TPSA) is 24.9 Å². The summed E-state index contributed by atoms with van der Waals surface area (Å²) in [6, 6.07) is 6.62. The number of hydrogen-bond acceptors (Lipinski definition) is 2. The summed E-state index contributed by atoms with van der Waals surface area (Å²) in [4.78, 5) is 4.34. The molecule has 0 saturated carbocycles. The van der Waals surface area contributed by atoms with E-state index in [-0.39, 0.29) is 12.4 Å². The second-order valence-corrected chi connectivity index (χ2v) is 3.26. The molecule has 0 bridgehead atoms. The van der Waals surface area contributed by atoms with Crippen LogP contribution >= 0.6 is 12.4 Å². The molecule has 1 aromatic rings. The molecule has 13 heavy (non-hydrogen) atoms. The van der Waals surface area contributed by atoms with Crippen LogP contribution in [0.15, 0.2) is 24.4 Å². The zero-order valence-corrected chi connectivity index (χ0v) is 8.39. The molecule has 3 heteroatoms. The Balaban J connectivity index is 0.000000845. The first kappa shape index (κ1) is 10.5. The molecule has 0 amide bonds. The van der Waals surface area contributed by atoms with Gasteiger partial charge in [-0.1, -0.05) is 12.5 Å². The highest BCUT2D eigenvalue weighted by molar-refractivity contribution is 5.85. The third-order valence-corrected chi connectivity index (χ3v) is 2.36. The predicted octanol–water partition coefficient (Wildman–Crippen LogP) is 2.32. The number of piperidine rings is 1. The van der Waals surface area contributed by atoms with E-state index in [1.807, 2.05) is 12.3 Å². The summed E-state index contributed by atoms with van der Waals surface area (Å²) >= 11 is 0. The summed E-state index contributed by atoms with van der Waals surface area (Å²) in [5.41, 5.74) is 1.19. The molecule has 1 fully saturated rings. The molecule has 0 unspecified atom stereocenters. The van der Waals surface area contributed by atoms with E-state index in [4.69, 9.17) is 0 Å². The van der Waals surface area contributed by atoms with Crippen LogP contribution in [-0.2, 0) is 0 Å². The molecule has 2 nitrogen and oxygen atoms in total. The molecule has 0 aliphatic carbocycles. The summed E-state index contributed by atoms with van der Waals surface area (Å²) in [7, 11) is 0. The number of pyridine rings is 1. The molecule has 1 atom stereocenters. The lowest BCUT2D eigenvalue weighted by Crippen LogP contribution is -2.27. The lowest BCUT2D eigenvalue weighted by molar-refractivity contribution is 0.405. The maximum absolute atomic E-state index is 4.34. The minimum absolute atomic E-state index is 0. The molecule has 0 aromatic carbocycles. The van der Waals surface area contributed by atoms with Gasteiger partial charge in [-0.3, -0.25) is 4.98 Å². The fourth-order valence-electron chi connectivity index (χ4n) is 1.69. The smallest absolute Gasteiger partial charge is 0.0573 e. The van der Waals surface area contributed by atoms with Crippen molar-refractivity contribution in [2.45, 2.75) is 25.3 Å². The Labute approximate surface area is 85.2 Å². The van der Waals surface area contributed by atoms with E-state index >= 15 is 0 Å². The van der Waals surface area contributed by atoms with Crippen LogP contribution in [0.5, 0.6) is 0 Å². The average molecular weight is 199 g/mol. The Kier molecular flexibility index (Phi) is 4.19. The maximum Gasteiger partial charge on any atom is 0.0573 e. The summed E-state index contributed by atoms with van der Waals surface area (Å²) in [5, 5.41) is 3.47. The number of halogens is 1. The third-order valence-electron chi connectivity index (χ3n) is 2.36. The number of nitrogens with one attached hydrogen (secondary N) is 1. The molecule has 0 radical (unpaired) electrons. The molecule has 1 saturated heterocycles. The van der Waals surface area contributed by atoms with Crippen LogP contribution in [0.4, 0.5) is 0 Å². The molecular weight excluding hydrogens is 184 g/mol. The first-order chi connectivity index (χ1) is 5.97. The van der Waals surface area contributed by atoms with E-state index in [1.165, 1.54) is 25.0 Å². The summed E-state index contributed by atoms with van der Waals surface area (Å²) < 4.78 is 0. The van der Waals surface area contributed by atoms with Gasteiger partial charge < -0.3 is 5.32 Å². The number of hydrogen-bond donors (Lipinski definition) is 1. The molecular formula is C10H15ClN2. The second kappa shape index (κ2) is 5.20. The lowest BCUT2D eigenvalue weighted by atomic mass is 10.0. The van der Waals surface area contributed by atoms with E-state index in [2.05, 4.69) is 22.4 Å². The SMILES string of the molecule is Cl.c1ccc([C@@H]2CCCCN2)nc1. The quantitative estimate of drug-likeness (QED) is 0.749. The van der Waals surface area contributed by atoms with Crippen LogP contribution in [0.25, 0.3) is 0 Å². The molecule has 1 aliphatic rings. The van der Waals surface area contributed by atoms with Gasteiger partial charge in [-0.2, -0.15) is 0 Å². The van der Waals surface area contributed by atoms with Crippen LogP contribution in [0, 0.1) is 0 Å². The van der Waals surface area contributed by atoms with Gasteiger partial charge in [0.25, 0.3) is 0 Å². The molecule has 1 N–H and O–H groups in total. The van der Waals surface area contributed by atoms with Gasteiger partial charge in [0.2, 0.25) is 0 Å². The Morgan fingerprint density at radius 2 is 2.23 bits per heavy atom. The Morgan fingerprint density at radius 1 is 1.31 bits per heavy atom. The summed E-state index contributed by atoms with van der Waals surface area (Å²) in [5.74, 6) is 0. The Morgan fingerprint density at radius 3 is 2.85 bits per heavy atom. The fourth-order valence-corrected chi connectivity index (χ4v) is 1.69. The molecule has 2 rings (SSSR count). The third kappa shape index (κ3) is 2.68. The van der Waals surface area contributed by atoms with Crippen molar-refractivity contribution in [1.29, 1.82) is 0 Å². The minimum atomic E-state index is 0. The van der Waals surface area contributed by atoms with E-state index in [0.717, 1.165) is 6.54 Å². The highest BCUT2D eigenvalue weighted by atomic mass is 35.5. The molecule has 2 heterocycles. The van der Waals surface area contributed by atoms with Crippen molar-refractivity contribution >= 4 is 12.4 Å². The summed E-state index contributed by atoms with van der Waals surface area (Å²) in [6.07, 6.45) is 5.74. The van der Waals surface area contributed by atoms with Crippen LogP contribution in [0.3, 0.4) is 0 Å². The first-order valence-electron chi connectivity index (χ1n) is 4.61. The van der Waals surface area contributed by atoms with Gasteiger partial charge in [-0.15, -0.1) is 12.4 Å². The summed E-state index contributed by atoms with van der Waals surface area (Å²) in [6.45, 7) is 1.14. The van der Waals surface area contributed by atoms with Gasteiger partial charge in [-0.05, 0) is 31.5 Å². The Hall–Kier alpha value is -0.600. The fraction of sp³-hybridized carbons (Fsp3) is 0.500. The van der Waals surface area contributed by atoms with Gasteiger partial charge in [0, 0.05) is 12.2 Å². The van der Waals surface area contributed by atoms with Crippen molar-refractivity contribution < 1.29 is 0 Å². The zero-order valence-electron chi connectivity index (χ0n) is 7.57. The van der Waals surface area contributed by atoms with Crippen LogP contribution in [0.1, 0.15) is 31.0 Å². The van der Waals surface area contributed by atoms with E-state index in [9.17, 15) is 0 Å². The van der Waals surface area contributed by atoms with Crippen molar-refractivity contribution in [3.63, 3.8) is 0 Å². The second-order valence-electron chi connectivity index (χ2n) is 3.26. The number of rotatable bonds is 1. The normalized spacial score (nSPS) is 22.0. The van der Waals surface area contributed by atoms with E-state index in [1.54, 1.807) is 0 Å². The van der Waals surface area contributed by atoms with Crippen LogP contribution < -0.4 is 5.32 Å². The van der Waals surface area contributed by atoms with Crippen LogP contribution in [0.2, 0.25) is 0 Å². The number of nitrogens with zero attached hydrogens (tertiary/aromatic N) is 1. The predicted molar refractivity (Wildman–Crippen MR) is 56.1 cm³/mol. The monoisotopic (exact) mass is 198 g/mol. The zero-order chi connectivity index (χ0) is 8.23. The van der Waals surface area contributed by atoms with Crippen LogP contribution in [-0.4, -0.2) is 11.5 Å². The molecule has 1 aliphatic heterocycles. The van der Waals surface area contributed by atoms with Gasteiger partial charge >= 0.3 is 0 Å². The number of aromatic nitrogens is 1. The Bertz CT molecular complexity index is 232. The lowest BCUT2D eigenvalue weighted by Gasteiger charge is -2.22. The average Bonchev–Trinajstić information content (AvgIpc) is 2.21. The van der Waals surface area contributed by atoms with Crippen molar-refractivity contribution in [3.05, 3.63) is 30.1 Å². The first-order valence-corrected chi connectivity index (χ1v) is 4.61. The van der Waals surface area contributed by atoms with Crippen molar-refractivity contribution in [2.24, 2.45) is 0 Å². The van der Waals surface area contributed by atoms with Gasteiger partial charge in [-0.25, -0.2) is 0 Å². The highest BCUT2D eigenvalue weighted by Crippen LogP contribution is 2.20. The molecule has 0 spiro atoms. The van der Waals surface area contributed by atoms with Crippen molar-refractivity contribution in [3.8, 4) is 0 Å². The highest BCUT2D eigenvalue weighted by Gasteiger charge is 2.14. The standard InChI is InChI=1S/C10H14N2.ClH/c1-3-7-11-9(5-1)10-6-2-4-8-12-10;/h1,3,5,7,10,12H,2,4,6,8H2;1H/t10-;/m0./s1. The minimum Gasteiger partial charge on any atom is -0.309 e.